The number of aromatic nitrogens is 3. The summed E-state index contributed by atoms with van der Waals surface area (Å²) in [6.07, 6.45) is 8.30. The molecule has 9 rings (SSSR count). The highest BCUT2D eigenvalue weighted by molar-refractivity contribution is 5.91. The molecule has 0 N–H and O–H groups in total. The van der Waals surface area contributed by atoms with Crippen molar-refractivity contribution >= 4 is 27.1 Å². The van der Waals surface area contributed by atoms with E-state index in [4.69, 9.17) is 15.0 Å². The van der Waals surface area contributed by atoms with Crippen LogP contribution >= 0.6 is 0 Å². The first-order chi connectivity index (χ1) is 24.7. The lowest BCUT2D eigenvalue weighted by atomic mass is 9.93. The minimum atomic E-state index is 0.664. The third-order valence-electron chi connectivity index (χ3n) is 9.54. The molecule has 0 fully saturated rings. The largest absolute Gasteiger partial charge is 0.209 e. The fraction of sp³-hybridized carbons (Fsp3) is 0.0426. The highest BCUT2D eigenvalue weighted by Gasteiger charge is 2.17. The molecule has 0 saturated heterocycles. The van der Waals surface area contributed by atoms with E-state index < -0.39 is 0 Å². The summed E-state index contributed by atoms with van der Waals surface area (Å²) in [6.45, 7) is 0. The number of nitrogens with zero attached hydrogens (tertiary/aromatic N) is 3. The van der Waals surface area contributed by atoms with Gasteiger partial charge in [0.2, 0.25) is 0 Å². The Morgan fingerprint density at radius 2 is 0.820 bits per heavy atom. The van der Waals surface area contributed by atoms with Crippen LogP contribution in [-0.4, -0.2) is 15.0 Å². The van der Waals surface area contributed by atoms with E-state index >= 15 is 0 Å². The quantitative estimate of drug-likeness (QED) is 0.182. The molecule has 1 aliphatic carbocycles. The van der Waals surface area contributed by atoms with E-state index in [9.17, 15) is 0 Å². The lowest BCUT2D eigenvalue weighted by Gasteiger charge is -2.14. The van der Waals surface area contributed by atoms with Crippen molar-refractivity contribution in [3.8, 4) is 56.2 Å². The zero-order chi connectivity index (χ0) is 33.3. The number of allylic oxidation sites excluding steroid dienone is 4. The minimum Gasteiger partial charge on any atom is -0.209 e. The zero-order valence-corrected chi connectivity index (χ0v) is 27.5. The molecule has 3 heteroatoms. The van der Waals surface area contributed by atoms with Crippen molar-refractivity contribution in [2.75, 3.05) is 0 Å². The predicted molar refractivity (Wildman–Crippen MR) is 208 cm³/mol. The molecule has 236 valence electrons. The summed E-state index contributed by atoms with van der Waals surface area (Å²) in [5.41, 5.74) is 9.92. The second kappa shape index (κ2) is 12.9. The number of benzene rings is 7. The first-order valence-corrected chi connectivity index (χ1v) is 17.2. The molecule has 0 bridgehead atoms. The SMILES string of the molecule is C1=CCCC(c2nc(-c3ccc(-c4ccccc4)cc3)nc(-c3cc(-c4ccc5ccccc5c4)cc(-c4ccc5ccccc5c4)c3)n2)=C1. The molecule has 1 aliphatic rings. The molecular weight excluding hydrogens is 607 g/mol. The van der Waals surface area contributed by atoms with Crippen molar-refractivity contribution in [2.24, 2.45) is 0 Å². The first-order valence-electron chi connectivity index (χ1n) is 17.2. The zero-order valence-electron chi connectivity index (χ0n) is 27.5. The van der Waals surface area contributed by atoms with Crippen molar-refractivity contribution in [1.82, 2.24) is 15.0 Å². The molecule has 3 nitrogen and oxygen atoms in total. The van der Waals surface area contributed by atoms with Crippen molar-refractivity contribution in [3.05, 3.63) is 182 Å². The van der Waals surface area contributed by atoms with Crippen LogP contribution < -0.4 is 0 Å². The van der Waals surface area contributed by atoms with Crippen LogP contribution in [0.2, 0.25) is 0 Å². The van der Waals surface area contributed by atoms with Crippen LogP contribution in [0, 0.1) is 0 Å². The van der Waals surface area contributed by atoms with Gasteiger partial charge in [-0.15, -0.1) is 0 Å². The third kappa shape index (κ3) is 5.91. The van der Waals surface area contributed by atoms with Crippen LogP contribution in [0.15, 0.2) is 176 Å². The van der Waals surface area contributed by atoms with E-state index in [1.807, 2.05) is 6.07 Å². The van der Waals surface area contributed by atoms with Gasteiger partial charge in [0.1, 0.15) is 0 Å². The maximum atomic E-state index is 5.17. The van der Waals surface area contributed by atoms with Crippen molar-refractivity contribution in [2.45, 2.75) is 12.8 Å². The Morgan fingerprint density at radius 3 is 1.42 bits per heavy atom. The topological polar surface area (TPSA) is 38.7 Å². The van der Waals surface area contributed by atoms with E-state index in [1.54, 1.807) is 0 Å². The summed E-state index contributed by atoms with van der Waals surface area (Å²) in [5.74, 6) is 2.06. The Hall–Kier alpha value is -6.45. The van der Waals surface area contributed by atoms with Gasteiger partial charge in [-0.25, -0.2) is 15.0 Å². The maximum absolute atomic E-state index is 5.17. The summed E-state index contributed by atoms with van der Waals surface area (Å²) in [7, 11) is 0. The highest BCUT2D eigenvalue weighted by atomic mass is 15.0. The Kier molecular flexibility index (Phi) is 7.64. The fourth-order valence-electron chi connectivity index (χ4n) is 6.84. The molecule has 0 aliphatic heterocycles. The van der Waals surface area contributed by atoms with Gasteiger partial charge in [0.15, 0.2) is 17.5 Å². The molecule has 0 amide bonds. The Balaban J connectivity index is 1.22. The molecule has 0 atom stereocenters. The summed E-state index contributed by atoms with van der Waals surface area (Å²) in [6, 6.07) is 56.1. The minimum absolute atomic E-state index is 0.664. The van der Waals surface area contributed by atoms with Crippen LogP contribution in [0.1, 0.15) is 18.7 Å². The van der Waals surface area contributed by atoms with E-state index in [1.165, 1.54) is 27.1 Å². The van der Waals surface area contributed by atoms with E-state index in [0.29, 0.717) is 11.6 Å². The van der Waals surface area contributed by atoms with Gasteiger partial charge in [-0.2, -0.15) is 0 Å². The lowest BCUT2D eigenvalue weighted by molar-refractivity contribution is 0.978. The van der Waals surface area contributed by atoms with Gasteiger partial charge in [0, 0.05) is 11.1 Å². The number of hydrogen-bond acceptors (Lipinski definition) is 3. The molecule has 0 spiro atoms. The molecule has 8 aromatic rings. The van der Waals surface area contributed by atoms with Crippen LogP contribution in [-0.2, 0) is 0 Å². The molecule has 0 radical (unpaired) electrons. The Labute approximate surface area is 292 Å². The van der Waals surface area contributed by atoms with Crippen molar-refractivity contribution in [3.63, 3.8) is 0 Å². The van der Waals surface area contributed by atoms with Gasteiger partial charge < -0.3 is 0 Å². The summed E-state index contributed by atoms with van der Waals surface area (Å²) in [5, 5.41) is 4.87. The molecule has 0 unspecified atom stereocenters. The van der Waals surface area contributed by atoms with Gasteiger partial charge >= 0.3 is 0 Å². The van der Waals surface area contributed by atoms with E-state index in [0.717, 1.165) is 63.2 Å². The van der Waals surface area contributed by atoms with E-state index in [2.05, 4.69) is 170 Å². The molecule has 1 aromatic heterocycles. The average molecular weight is 640 g/mol. The second-order valence-electron chi connectivity index (χ2n) is 12.8. The van der Waals surface area contributed by atoms with Gasteiger partial charge in [0.05, 0.1) is 0 Å². The van der Waals surface area contributed by atoms with Gasteiger partial charge in [0.25, 0.3) is 0 Å². The maximum Gasteiger partial charge on any atom is 0.164 e. The molecule has 50 heavy (non-hydrogen) atoms. The van der Waals surface area contributed by atoms with Crippen molar-refractivity contribution < 1.29 is 0 Å². The molecular formula is C47H33N3. The van der Waals surface area contributed by atoms with Crippen molar-refractivity contribution in [1.29, 1.82) is 0 Å². The third-order valence-corrected chi connectivity index (χ3v) is 9.54. The highest BCUT2D eigenvalue weighted by Crippen LogP contribution is 2.36. The van der Waals surface area contributed by atoms with Gasteiger partial charge in [-0.3, -0.25) is 0 Å². The van der Waals surface area contributed by atoms with Crippen LogP contribution in [0.3, 0.4) is 0 Å². The molecule has 1 heterocycles. The summed E-state index contributed by atoms with van der Waals surface area (Å²) < 4.78 is 0. The summed E-state index contributed by atoms with van der Waals surface area (Å²) in [4.78, 5) is 15.4. The smallest absolute Gasteiger partial charge is 0.164 e. The Morgan fingerprint density at radius 1 is 0.340 bits per heavy atom. The van der Waals surface area contributed by atoms with Gasteiger partial charge in [-0.1, -0.05) is 146 Å². The van der Waals surface area contributed by atoms with Crippen LogP contribution in [0.5, 0.6) is 0 Å². The fourth-order valence-corrected chi connectivity index (χ4v) is 6.84. The summed E-state index contributed by atoms with van der Waals surface area (Å²) >= 11 is 0. The number of rotatable bonds is 6. The van der Waals surface area contributed by atoms with E-state index in [-0.39, 0.29) is 0 Å². The van der Waals surface area contributed by atoms with Crippen LogP contribution in [0.25, 0.3) is 83.3 Å². The lowest BCUT2D eigenvalue weighted by Crippen LogP contribution is -2.04. The number of fused-ring (bicyclic) bond motifs is 2. The Bertz CT molecular complexity index is 2480. The monoisotopic (exact) mass is 639 g/mol. The predicted octanol–water partition coefficient (Wildman–Crippen LogP) is 12.2. The standard InChI is InChI=1S/C47H33N3/c1-3-11-32(12-4-1)35-19-23-37(24-20-35)46-48-45(36-15-5-2-6-16-36)49-47(50-46)44-30-42(40-25-21-33-13-7-9-17-38(33)27-40)29-43(31-44)41-26-22-34-14-8-10-18-39(34)28-41/h1-5,7-15,17-31H,6,16H2. The second-order valence-corrected chi connectivity index (χ2v) is 12.8. The molecule has 7 aromatic carbocycles. The number of hydrogen-bond donors (Lipinski definition) is 0. The molecule has 0 saturated carbocycles. The first kappa shape index (κ1) is 29.7. The average Bonchev–Trinajstić information content (AvgIpc) is 3.21. The van der Waals surface area contributed by atoms with Gasteiger partial charge in [-0.05, 0) is 104 Å². The van der Waals surface area contributed by atoms with Crippen LogP contribution in [0.4, 0.5) is 0 Å². The normalized spacial score (nSPS) is 12.7.